The maximum absolute atomic E-state index is 12.8. The first-order valence-corrected chi connectivity index (χ1v) is 7.32. The highest BCUT2D eigenvalue weighted by Gasteiger charge is 2.15. The molecule has 1 fully saturated rings. The van der Waals surface area contributed by atoms with Crippen molar-refractivity contribution in [2.24, 2.45) is 0 Å². The number of halogens is 1. The molecule has 0 spiro atoms. The molecule has 1 aliphatic heterocycles. The van der Waals surface area contributed by atoms with Gasteiger partial charge in [-0.1, -0.05) is 12.1 Å². The van der Waals surface area contributed by atoms with Gasteiger partial charge in [-0.2, -0.15) is 0 Å². The Morgan fingerprint density at radius 3 is 2.50 bits per heavy atom. The molecular weight excluding hydrogens is 283 g/mol. The third kappa shape index (κ3) is 3.39. The Balaban J connectivity index is 1.58. The standard InChI is InChI=1S/C16H17FN4O/c17-13-5-3-12(4-6-13)9-20-16(22)14-10-19-15(11-18-14)21-7-1-2-8-21/h3-6,10-11H,1-2,7-9H2,(H,20,22). The first kappa shape index (κ1) is 14.4. The van der Waals surface area contributed by atoms with Crippen molar-refractivity contribution in [1.29, 1.82) is 0 Å². The van der Waals surface area contributed by atoms with E-state index < -0.39 is 0 Å². The number of aromatic nitrogens is 2. The molecule has 22 heavy (non-hydrogen) atoms. The Morgan fingerprint density at radius 1 is 1.14 bits per heavy atom. The highest BCUT2D eigenvalue weighted by atomic mass is 19.1. The summed E-state index contributed by atoms with van der Waals surface area (Å²) < 4.78 is 12.8. The van der Waals surface area contributed by atoms with E-state index in [1.54, 1.807) is 18.3 Å². The van der Waals surface area contributed by atoms with Crippen LogP contribution in [0.3, 0.4) is 0 Å². The smallest absolute Gasteiger partial charge is 0.271 e. The monoisotopic (exact) mass is 300 g/mol. The molecule has 1 N–H and O–H groups in total. The van der Waals surface area contributed by atoms with Gasteiger partial charge in [0.2, 0.25) is 0 Å². The molecule has 5 nitrogen and oxygen atoms in total. The Morgan fingerprint density at radius 2 is 1.86 bits per heavy atom. The molecule has 0 unspecified atom stereocenters. The van der Waals surface area contributed by atoms with E-state index in [-0.39, 0.29) is 17.4 Å². The van der Waals surface area contributed by atoms with E-state index in [0.29, 0.717) is 6.54 Å². The molecule has 2 aromatic rings. The van der Waals surface area contributed by atoms with Gasteiger partial charge in [-0.05, 0) is 30.5 Å². The van der Waals surface area contributed by atoms with Crippen LogP contribution < -0.4 is 10.2 Å². The van der Waals surface area contributed by atoms with E-state index in [1.165, 1.54) is 31.2 Å². The number of carbonyl (C=O) groups excluding carboxylic acids is 1. The molecule has 1 aromatic heterocycles. The predicted octanol–water partition coefficient (Wildman–Crippen LogP) is 2.15. The molecule has 0 saturated carbocycles. The van der Waals surface area contributed by atoms with Crippen LogP contribution in [-0.4, -0.2) is 29.0 Å². The van der Waals surface area contributed by atoms with E-state index in [2.05, 4.69) is 20.2 Å². The van der Waals surface area contributed by atoms with E-state index in [9.17, 15) is 9.18 Å². The van der Waals surface area contributed by atoms with Crippen molar-refractivity contribution in [2.45, 2.75) is 19.4 Å². The lowest BCUT2D eigenvalue weighted by atomic mass is 10.2. The van der Waals surface area contributed by atoms with Gasteiger partial charge in [0.15, 0.2) is 0 Å². The number of hydrogen-bond donors (Lipinski definition) is 1. The maximum Gasteiger partial charge on any atom is 0.271 e. The molecule has 1 aliphatic rings. The third-order valence-corrected chi connectivity index (χ3v) is 3.67. The average Bonchev–Trinajstić information content (AvgIpc) is 3.09. The van der Waals surface area contributed by atoms with Gasteiger partial charge in [-0.25, -0.2) is 14.4 Å². The molecule has 1 amide bonds. The highest BCUT2D eigenvalue weighted by molar-refractivity contribution is 5.91. The summed E-state index contributed by atoms with van der Waals surface area (Å²) in [7, 11) is 0. The zero-order chi connectivity index (χ0) is 15.4. The molecule has 3 rings (SSSR count). The molecule has 1 saturated heterocycles. The second kappa shape index (κ2) is 6.51. The van der Waals surface area contributed by atoms with Gasteiger partial charge in [0.05, 0.1) is 12.4 Å². The molecule has 1 aromatic carbocycles. The van der Waals surface area contributed by atoms with Gasteiger partial charge in [-0.15, -0.1) is 0 Å². The summed E-state index contributed by atoms with van der Waals surface area (Å²) >= 11 is 0. The summed E-state index contributed by atoms with van der Waals surface area (Å²) in [5, 5.41) is 2.75. The summed E-state index contributed by atoms with van der Waals surface area (Å²) in [5.74, 6) is 0.232. The van der Waals surface area contributed by atoms with E-state index in [1.807, 2.05) is 0 Å². The molecule has 0 aliphatic carbocycles. The number of anilines is 1. The normalized spacial score (nSPS) is 14.1. The van der Waals surface area contributed by atoms with Crippen LogP contribution in [0.2, 0.25) is 0 Å². The van der Waals surface area contributed by atoms with Gasteiger partial charge in [0.25, 0.3) is 5.91 Å². The second-order valence-corrected chi connectivity index (χ2v) is 5.26. The number of nitrogens with one attached hydrogen (secondary N) is 1. The largest absolute Gasteiger partial charge is 0.355 e. The summed E-state index contributed by atoms with van der Waals surface area (Å²) in [6.07, 6.45) is 5.47. The molecule has 0 bridgehead atoms. The topological polar surface area (TPSA) is 58.1 Å². The quantitative estimate of drug-likeness (QED) is 0.940. The minimum atomic E-state index is -0.293. The number of amides is 1. The molecule has 0 atom stereocenters. The highest BCUT2D eigenvalue weighted by Crippen LogP contribution is 2.16. The minimum absolute atomic E-state index is 0.282. The van der Waals surface area contributed by atoms with Crippen LogP contribution in [0, 0.1) is 5.82 Å². The number of benzene rings is 1. The lowest BCUT2D eigenvalue weighted by Crippen LogP contribution is -2.25. The second-order valence-electron chi connectivity index (χ2n) is 5.26. The van der Waals surface area contributed by atoms with Crippen molar-refractivity contribution < 1.29 is 9.18 Å². The summed E-state index contributed by atoms with van der Waals surface area (Å²) in [5.41, 5.74) is 1.11. The van der Waals surface area contributed by atoms with Gasteiger partial charge >= 0.3 is 0 Å². The van der Waals surface area contributed by atoms with Crippen LogP contribution in [0.15, 0.2) is 36.7 Å². The molecule has 2 heterocycles. The molecule has 6 heteroatoms. The molecule has 0 radical (unpaired) electrons. The van der Waals surface area contributed by atoms with Gasteiger partial charge in [0, 0.05) is 19.6 Å². The Labute approximate surface area is 128 Å². The van der Waals surface area contributed by atoms with Crippen molar-refractivity contribution in [3.05, 3.63) is 53.7 Å². The maximum atomic E-state index is 12.8. The summed E-state index contributed by atoms with van der Waals surface area (Å²) in [6, 6.07) is 6.01. The minimum Gasteiger partial charge on any atom is -0.355 e. The van der Waals surface area contributed by atoms with E-state index in [4.69, 9.17) is 0 Å². The Kier molecular flexibility index (Phi) is 4.27. The van der Waals surface area contributed by atoms with Gasteiger partial charge in [-0.3, -0.25) is 4.79 Å². The van der Waals surface area contributed by atoms with Crippen LogP contribution in [0.4, 0.5) is 10.2 Å². The van der Waals surface area contributed by atoms with Crippen molar-refractivity contribution in [3.8, 4) is 0 Å². The number of rotatable bonds is 4. The fourth-order valence-corrected chi connectivity index (χ4v) is 2.42. The third-order valence-electron chi connectivity index (χ3n) is 3.67. The van der Waals surface area contributed by atoms with Crippen LogP contribution in [-0.2, 0) is 6.54 Å². The van der Waals surface area contributed by atoms with Crippen molar-refractivity contribution in [3.63, 3.8) is 0 Å². The van der Waals surface area contributed by atoms with Gasteiger partial charge in [0.1, 0.15) is 17.3 Å². The number of carbonyl (C=O) groups is 1. The van der Waals surface area contributed by atoms with Crippen LogP contribution >= 0.6 is 0 Å². The average molecular weight is 300 g/mol. The molecular formula is C16H17FN4O. The van der Waals surface area contributed by atoms with Crippen LogP contribution in [0.1, 0.15) is 28.9 Å². The first-order valence-electron chi connectivity index (χ1n) is 7.32. The van der Waals surface area contributed by atoms with Crippen molar-refractivity contribution >= 4 is 11.7 Å². The van der Waals surface area contributed by atoms with E-state index in [0.717, 1.165) is 24.5 Å². The van der Waals surface area contributed by atoms with Crippen LogP contribution in [0.5, 0.6) is 0 Å². The molecule has 114 valence electrons. The number of nitrogens with zero attached hydrogens (tertiary/aromatic N) is 3. The zero-order valence-electron chi connectivity index (χ0n) is 12.1. The Hall–Kier alpha value is -2.50. The van der Waals surface area contributed by atoms with Crippen molar-refractivity contribution in [2.75, 3.05) is 18.0 Å². The zero-order valence-corrected chi connectivity index (χ0v) is 12.1. The fourth-order valence-electron chi connectivity index (χ4n) is 2.42. The first-order chi connectivity index (χ1) is 10.7. The van der Waals surface area contributed by atoms with Crippen LogP contribution in [0.25, 0.3) is 0 Å². The van der Waals surface area contributed by atoms with Crippen molar-refractivity contribution in [1.82, 2.24) is 15.3 Å². The summed E-state index contributed by atoms with van der Waals surface area (Å²) in [6.45, 7) is 2.31. The Bertz CT molecular complexity index is 636. The SMILES string of the molecule is O=C(NCc1ccc(F)cc1)c1cnc(N2CCCC2)cn1. The number of hydrogen-bond acceptors (Lipinski definition) is 4. The predicted molar refractivity (Wildman–Crippen MR) is 81.0 cm³/mol. The van der Waals surface area contributed by atoms with Gasteiger partial charge < -0.3 is 10.2 Å². The lowest BCUT2D eigenvalue weighted by molar-refractivity contribution is 0.0945. The summed E-state index contributed by atoms with van der Waals surface area (Å²) in [4.78, 5) is 22.7. The lowest BCUT2D eigenvalue weighted by Gasteiger charge is -2.15. The van der Waals surface area contributed by atoms with E-state index >= 15 is 0 Å². The fraction of sp³-hybridized carbons (Fsp3) is 0.312.